The lowest BCUT2D eigenvalue weighted by molar-refractivity contribution is -0.116. The summed E-state index contributed by atoms with van der Waals surface area (Å²) in [4.78, 5) is 28.1. The number of esters is 1. The van der Waals surface area contributed by atoms with Crippen LogP contribution in [0.25, 0.3) is 6.08 Å². The highest BCUT2D eigenvalue weighted by atomic mass is 32.1. The van der Waals surface area contributed by atoms with Crippen molar-refractivity contribution in [2.75, 3.05) is 13.7 Å². The monoisotopic (exact) mass is 330 g/mol. The Morgan fingerprint density at radius 1 is 1.30 bits per heavy atom. The molecule has 23 heavy (non-hydrogen) atoms. The van der Waals surface area contributed by atoms with E-state index in [0.717, 1.165) is 15.4 Å². The van der Waals surface area contributed by atoms with Gasteiger partial charge in [-0.05, 0) is 37.1 Å². The molecule has 120 valence electrons. The molecule has 1 aromatic carbocycles. The van der Waals surface area contributed by atoms with Crippen LogP contribution in [0.15, 0.2) is 36.5 Å². The van der Waals surface area contributed by atoms with Gasteiger partial charge in [-0.3, -0.25) is 4.79 Å². The maximum Gasteiger partial charge on any atom is 0.337 e. The molecule has 0 bridgehead atoms. The average molecular weight is 330 g/mol. The van der Waals surface area contributed by atoms with Crippen molar-refractivity contribution in [1.29, 1.82) is 0 Å². The summed E-state index contributed by atoms with van der Waals surface area (Å²) in [6.07, 6.45) is 5.70. The van der Waals surface area contributed by atoms with E-state index in [1.807, 2.05) is 19.1 Å². The average Bonchev–Trinajstić information content (AvgIpc) is 2.98. The Kier molecular flexibility index (Phi) is 6.05. The molecule has 1 heterocycles. The van der Waals surface area contributed by atoms with Crippen LogP contribution in [0.2, 0.25) is 0 Å². The first-order valence-corrected chi connectivity index (χ1v) is 7.96. The normalized spacial score (nSPS) is 10.7. The number of aromatic nitrogens is 1. The molecule has 1 amide bonds. The maximum absolute atomic E-state index is 11.7. The molecular weight excluding hydrogens is 312 g/mol. The Morgan fingerprint density at radius 2 is 2.04 bits per heavy atom. The number of methoxy groups -OCH3 is 1. The first kappa shape index (κ1) is 16.9. The lowest BCUT2D eigenvalue weighted by Gasteiger charge is -2.04. The number of aryl methyl sites for hydroxylation is 1. The van der Waals surface area contributed by atoms with Crippen molar-refractivity contribution in [3.63, 3.8) is 0 Å². The number of thiazole rings is 1. The lowest BCUT2D eigenvalue weighted by atomic mass is 10.1. The van der Waals surface area contributed by atoms with Crippen LogP contribution in [0.1, 0.15) is 25.8 Å². The highest BCUT2D eigenvalue weighted by molar-refractivity contribution is 7.12. The predicted octanol–water partition coefficient (Wildman–Crippen LogP) is 2.61. The number of carbonyl (C=O) groups is 2. The minimum absolute atomic E-state index is 0.137. The van der Waals surface area contributed by atoms with Gasteiger partial charge in [0.2, 0.25) is 5.91 Å². The second-order valence-corrected chi connectivity index (χ2v) is 6.11. The smallest absolute Gasteiger partial charge is 0.337 e. The highest BCUT2D eigenvalue weighted by Gasteiger charge is 2.04. The van der Waals surface area contributed by atoms with Crippen LogP contribution in [0.5, 0.6) is 0 Å². The van der Waals surface area contributed by atoms with E-state index in [2.05, 4.69) is 15.0 Å². The first-order valence-electron chi connectivity index (χ1n) is 7.14. The van der Waals surface area contributed by atoms with E-state index >= 15 is 0 Å². The SMILES string of the molecule is COC(=O)c1ccc(CCNC(=O)/C=C\c2cnc(C)s2)cc1. The molecule has 0 fully saturated rings. The number of nitrogens with zero attached hydrogens (tertiary/aromatic N) is 1. The molecule has 0 aliphatic rings. The van der Waals surface area contributed by atoms with Crippen molar-refractivity contribution in [3.05, 3.63) is 57.6 Å². The summed E-state index contributed by atoms with van der Waals surface area (Å²) >= 11 is 1.54. The summed E-state index contributed by atoms with van der Waals surface area (Å²) in [6, 6.07) is 7.15. The molecule has 6 heteroatoms. The Labute approximate surface area is 139 Å². The van der Waals surface area contributed by atoms with Crippen LogP contribution in [-0.4, -0.2) is 30.5 Å². The van der Waals surface area contributed by atoms with Gasteiger partial charge in [0, 0.05) is 23.7 Å². The zero-order valence-corrected chi connectivity index (χ0v) is 13.9. The van der Waals surface area contributed by atoms with E-state index in [-0.39, 0.29) is 11.9 Å². The summed E-state index contributed by atoms with van der Waals surface area (Å²) in [7, 11) is 1.35. The third-order valence-corrected chi connectivity index (χ3v) is 4.00. The van der Waals surface area contributed by atoms with Crippen molar-refractivity contribution >= 4 is 29.3 Å². The number of rotatable bonds is 6. The van der Waals surface area contributed by atoms with E-state index in [1.165, 1.54) is 13.2 Å². The standard InChI is InChI=1S/C17H18N2O3S/c1-12-19-11-15(23-12)7-8-16(20)18-10-9-13-3-5-14(6-4-13)17(21)22-2/h3-8,11H,9-10H2,1-2H3,(H,18,20)/b8-7-. The lowest BCUT2D eigenvalue weighted by Crippen LogP contribution is -2.23. The van der Waals surface area contributed by atoms with Gasteiger partial charge in [0.1, 0.15) is 0 Å². The van der Waals surface area contributed by atoms with E-state index in [4.69, 9.17) is 0 Å². The fourth-order valence-electron chi connectivity index (χ4n) is 1.93. The molecule has 0 aliphatic heterocycles. The Balaban J connectivity index is 1.77. The molecular formula is C17H18N2O3S. The van der Waals surface area contributed by atoms with E-state index < -0.39 is 0 Å². The van der Waals surface area contributed by atoms with Crippen LogP contribution in [0.4, 0.5) is 0 Å². The van der Waals surface area contributed by atoms with Crippen LogP contribution in [-0.2, 0) is 16.0 Å². The molecule has 0 unspecified atom stereocenters. The minimum atomic E-state index is -0.353. The van der Waals surface area contributed by atoms with Crippen molar-refractivity contribution in [2.24, 2.45) is 0 Å². The van der Waals surface area contributed by atoms with Crippen LogP contribution in [0, 0.1) is 6.92 Å². The van der Waals surface area contributed by atoms with Gasteiger partial charge in [-0.25, -0.2) is 9.78 Å². The van der Waals surface area contributed by atoms with Gasteiger partial charge in [-0.2, -0.15) is 0 Å². The van der Waals surface area contributed by atoms with Gasteiger partial charge in [-0.1, -0.05) is 12.1 Å². The molecule has 0 aliphatic carbocycles. The first-order chi connectivity index (χ1) is 11.1. The van der Waals surface area contributed by atoms with E-state index in [9.17, 15) is 9.59 Å². The summed E-state index contributed by atoms with van der Waals surface area (Å²) < 4.78 is 4.65. The van der Waals surface area contributed by atoms with Crippen LogP contribution < -0.4 is 5.32 Å². The zero-order valence-electron chi connectivity index (χ0n) is 13.0. The fraction of sp³-hybridized carbons (Fsp3) is 0.235. The minimum Gasteiger partial charge on any atom is -0.465 e. The molecule has 0 radical (unpaired) electrons. The van der Waals surface area contributed by atoms with E-state index in [1.54, 1.807) is 35.7 Å². The number of nitrogens with one attached hydrogen (secondary N) is 1. The number of amides is 1. The molecule has 0 saturated carbocycles. The predicted molar refractivity (Wildman–Crippen MR) is 90.4 cm³/mol. The molecule has 0 saturated heterocycles. The number of carbonyl (C=O) groups excluding carboxylic acids is 2. The largest absolute Gasteiger partial charge is 0.465 e. The summed E-state index contributed by atoms with van der Waals surface area (Å²) in [5.74, 6) is -0.490. The molecule has 5 nitrogen and oxygen atoms in total. The summed E-state index contributed by atoms with van der Waals surface area (Å²) in [5, 5.41) is 3.80. The van der Waals surface area contributed by atoms with Gasteiger partial charge in [0.15, 0.2) is 0 Å². The zero-order chi connectivity index (χ0) is 16.7. The Bertz CT molecular complexity index is 705. The molecule has 0 spiro atoms. The van der Waals surface area contributed by atoms with Crippen LogP contribution >= 0.6 is 11.3 Å². The molecule has 2 aromatic rings. The quantitative estimate of drug-likeness (QED) is 0.653. The Hall–Kier alpha value is -2.47. The third kappa shape index (κ3) is 5.34. The van der Waals surface area contributed by atoms with Gasteiger partial charge in [0.25, 0.3) is 0 Å². The maximum atomic E-state index is 11.7. The van der Waals surface area contributed by atoms with Gasteiger partial charge >= 0.3 is 5.97 Å². The topological polar surface area (TPSA) is 68.3 Å². The number of ether oxygens (including phenoxy) is 1. The van der Waals surface area contributed by atoms with Crippen molar-refractivity contribution < 1.29 is 14.3 Å². The molecule has 1 N–H and O–H groups in total. The van der Waals surface area contributed by atoms with Gasteiger partial charge in [0.05, 0.1) is 17.7 Å². The van der Waals surface area contributed by atoms with Gasteiger partial charge in [-0.15, -0.1) is 11.3 Å². The second kappa shape index (κ2) is 8.24. The summed E-state index contributed by atoms with van der Waals surface area (Å²) in [6.45, 7) is 2.45. The molecule has 2 rings (SSSR count). The number of benzene rings is 1. The molecule has 1 aromatic heterocycles. The van der Waals surface area contributed by atoms with Crippen molar-refractivity contribution in [3.8, 4) is 0 Å². The highest BCUT2D eigenvalue weighted by Crippen LogP contribution is 2.12. The fourth-order valence-corrected chi connectivity index (χ4v) is 2.61. The van der Waals surface area contributed by atoms with Gasteiger partial charge < -0.3 is 10.1 Å². The van der Waals surface area contributed by atoms with Crippen LogP contribution in [0.3, 0.4) is 0 Å². The third-order valence-electron chi connectivity index (χ3n) is 3.13. The van der Waals surface area contributed by atoms with E-state index in [0.29, 0.717) is 18.5 Å². The molecule has 0 atom stereocenters. The number of hydrogen-bond acceptors (Lipinski definition) is 5. The Morgan fingerprint density at radius 3 is 2.65 bits per heavy atom. The number of hydrogen-bond donors (Lipinski definition) is 1. The second-order valence-electron chi connectivity index (χ2n) is 4.84. The summed E-state index contributed by atoms with van der Waals surface area (Å²) in [5.41, 5.74) is 1.56. The van der Waals surface area contributed by atoms with Crippen molar-refractivity contribution in [1.82, 2.24) is 10.3 Å². The van der Waals surface area contributed by atoms with Crippen molar-refractivity contribution in [2.45, 2.75) is 13.3 Å².